The van der Waals surface area contributed by atoms with Gasteiger partial charge in [0.1, 0.15) is 0 Å². The number of likely N-dealkylation sites (tertiary alicyclic amines) is 1. The van der Waals surface area contributed by atoms with Gasteiger partial charge in [0.05, 0.1) is 11.8 Å². The van der Waals surface area contributed by atoms with Crippen molar-refractivity contribution in [1.29, 1.82) is 0 Å². The Balaban J connectivity index is 2.03. The highest BCUT2D eigenvalue weighted by atomic mass is 16.4. The molecule has 0 aromatic carbocycles. The van der Waals surface area contributed by atoms with Crippen LogP contribution < -0.4 is 0 Å². The molecule has 18 heavy (non-hydrogen) atoms. The molecule has 0 bridgehead atoms. The van der Waals surface area contributed by atoms with Crippen LogP contribution in [0.5, 0.6) is 0 Å². The molecule has 2 fully saturated rings. The standard InChI is InChI=1S/C14H23NO3/c1-10-5-4-8-15(9-10)13(16)11-6-2-3-7-12(11)14(17)18/h10-12H,2-9H2,1H3,(H,17,18)/t10-,11-,12-/m0/s1. The van der Waals surface area contributed by atoms with Gasteiger partial charge in [-0.3, -0.25) is 9.59 Å². The first-order valence-corrected chi connectivity index (χ1v) is 7.11. The molecule has 4 heteroatoms. The largest absolute Gasteiger partial charge is 0.481 e. The predicted octanol–water partition coefficient (Wildman–Crippen LogP) is 2.14. The number of carbonyl (C=O) groups excluding carboxylic acids is 1. The minimum atomic E-state index is -0.793. The molecule has 1 N–H and O–H groups in total. The molecule has 1 amide bonds. The first kappa shape index (κ1) is 13.4. The normalized spacial score (nSPS) is 33.2. The molecular weight excluding hydrogens is 230 g/mol. The van der Waals surface area contributed by atoms with Crippen molar-refractivity contribution >= 4 is 11.9 Å². The first-order valence-electron chi connectivity index (χ1n) is 7.11. The summed E-state index contributed by atoms with van der Waals surface area (Å²) in [5, 5.41) is 9.24. The third-order valence-corrected chi connectivity index (χ3v) is 4.37. The maximum atomic E-state index is 12.5. The zero-order chi connectivity index (χ0) is 13.1. The lowest BCUT2D eigenvalue weighted by Gasteiger charge is -2.36. The van der Waals surface area contributed by atoms with Crippen LogP contribution in [0.2, 0.25) is 0 Å². The van der Waals surface area contributed by atoms with Gasteiger partial charge in [-0.25, -0.2) is 0 Å². The topological polar surface area (TPSA) is 57.6 Å². The maximum Gasteiger partial charge on any atom is 0.307 e. The van der Waals surface area contributed by atoms with Crippen molar-refractivity contribution < 1.29 is 14.7 Å². The van der Waals surface area contributed by atoms with Crippen LogP contribution in [0.15, 0.2) is 0 Å². The van der Waals surface area contributed by atoms with Crippen LogP contribution in [0.3, 0.4) is 0 Å². The van der Waals surface area contributed by atoms with Crippen molar-refractivity contribution in [2.75, 3.05) is 13.1 Å². The van der Waals surface area contributed by atoms with E-state index in [4.69, 9.17) is 0 Å². The Kier molecular flexibility index (Phi) is 4.25. The molecule has 0 aromatic heterocycles. The monoisotopic (exact) mass is 253 g/mol. The number of nitrogens with zero attached hydrogens (tertiary/aromatic N) is 1. The van der Waals surface area contributed by atoms with Gasteiger partial charge < -0.3 is 10.0 Å². The molecular formula is C14H23NO3. The molecule has 0 radical (unpaired) electrons. The molecule has 0 aromatic rings. The van der Waals surface area contributed by atoms with Crippen molar-refractivity contribution in [3.8, 4) is 0 Å². The number of rotatable bonds is 2. The van der Waals surface area contributed by atoms with Crippen LogP contribution in [0.25, 0.3) is 0 Å². The molecule has 1 heterocycles. The minimum absolute atomic E-state index is 0.0913. The number of carboxylic acids is 1. The average molecular weight is 253 g/mol. The Bertz CT molecular complexity index is 329. The van der Waals surface area contributed by atoms with Gasteiger partial charge in [0.25, 0.3) is 0 Å². The fourth-order valence-electron chi connectivity index (χ4n) is 3.35. The average Bonchev–Trinajstić information content (AvgIpc) is 2.38. The molecule has 3 atom stereocenters. The summed E-state index contributed by atoms with van der Waals surface area (Å²) in [6.45, 7) is 3.78. The van der Waals surface area contributed by atoms with Gasteiger partial charge in [-0.2, -0.15) is 0 Å². The second-order valence-electron chi connectivity index (χ2n) is 5.87. The summed E-state index contributed by atoms with van der Waals surface area (Å²) in [5.41, 5.74) is 0. The maximum absolute atomic E-state index is 12.5. The number of carboxylic acid groups (broad SMARTS) is 1. The summed E-state index contributed by atoms with van der Waals surface area (Å²) in [6, 6.07) is 0. The summed E-state index contributed by atoms with van der Waals surface area (Å²) in [4.78, 5) is 25.6. The Labute approximate surface area is 108 Å². The number of carbonyl (C=O) groups is 2. The molecule has 102 valence electrons. The molecule has 2 aliphatic rings. The van der Waals surface area contributed by atoms with E-state index < -0.39 is 11.9 Å². The number of amides is 1. The van der Waals surface area contributed by atoms with Crippen LogP contribution in [-0.2, 0) is 9.59 Å². The van der Waals surface area contributed by atoms with Gasteiger partial charge in [0.2, 0.25) is 5.91 Å². The fourth-order valence-corrected chi connectivity index (χ4v) is 3.35. The number of hydrogen-bond acceptors (Lipinski definition) is 2. The Hall–Kier alpha value is -1.06. The smallest absolute Gasteiger partial charge is 0.307 e. The molecule has 1 saturated heterocycles. The highest BCUT2D eigenvalue weighted by Crippen LogP contribution is 2.32. The molecule has 4 nitrogen and oxygen atoms in total. The van der Waals surface area contributed by atoms with E-state index in [1.807, 2.05) is 4.90 Å². The molecule has 1 aliphatic carbocycles. The number of aliphatic carboxylic acids is 1. The zero-order valence-electron chi connectivity index (χ0n) is 11.1. The lowest BCUT2D eigenvalue weighted by Crippen LogP contribution is -2.46. The highest BCUT2D eigenvalue weighted by molar-refractivity contribution is 5.85. The summed E-state index contributed by atoms with van der Waals surface area (Å²) in [7, 11) is 0. The summed E-state index contributed by atoms with van der Waals surface area (Å²) >= 11 is 0. The van der Waals surface area contributed by atoms with Crippen LogP contribution in [0.1, 0.15) is 45.4 Å². The lowest BCUT2D eigenvalue weighted by molar-refractivity contribution is -0.153. The van der Waals surface area contributed by atoms with Gasteiger partial charge in [-0.15, -0.1) is 0 Å². The van der Waals surface area contributed by atoms with Gasteiger partial charge in [0.15, 0.2) is 0 Å². The fraction of sp³-hybridized carbons (Fsp3) is 0.857. The van der Waals surface area contributed by atoms with Crippen molar-refractivity contribution in [3.63, 3.8) is 0 Å². The Morgan fingerprint density at radius 2 is 1.72 bits per heavy atom. The predicted molar refractivity (Wildman–Crippen MR) is 68.1 cm³/mol. The molecule has 1 aliphatic heterocycles. The van der Waals surface area contributed by atoms with E-state index in [-0.39, 0.29) is 11.8 Å². The van der Waals surface area contributed by atoms with Crippen molar-refractivity contribution in [2.45, 2.75) is 45.4 Å². The van der Waals surface area contributed by atoms with Gasteiger partial charge in [-0.05, 0) is 31.6 Å². The van der Waals surface area contributed by atoms with E-state index in [9.17, 15) is 14.7 Å². The van der Waals surface area contributed by atoms with Crippen LogP contribution in [0.4, 0.5) is 0 Å². The summed E-state index contributed by atoms with van der Waals surface area (Å²) in [6.07, 6.45) is 5.57. The molecule has 1 saturated carbocycles. The van der Waals surface area contributed by atoms with Crippen molar-refractivity contribution in [1.82, 2.24) is 4.90 Å². The van der Waals surface area contributed by atoms with Gasteiger partial charge in [0, 0.05) is 13.1 Å². The minimum Gasteiger partial charge on any atom is -0.481 e. The Morgan fingerprint density at radius 3 is 2.33 bits per heavy atom. The third kappa shape index (κ3) is 2.85. The van der Waals surface area contributed by atoms with E-state index in [0.29, 0.717) is 12.3 Å². The summed E-state index contributed by atoms with van der Waals surface area (Å²) < 4.78 is 0. The second kappa shape index (κ2) is 5.72. The Morgan fingerprint density at radius 1 is 1.06 bits per heavy atom. The van der Waals surface area contributed by atoms with Crippen LogP contribution in [0, 0.1) is 17.8 Å². The number of piperidine rings is 1. The number of hydrogen-bond donors (Lipinski definition) is 1. The van der Waals surface area contributed by atoms with Gasteiger partial charge in [-0.1, -0.05) is 19.8 Å². The summed E-state index contributed by atoms with van der Waals surface area (Å²) in [5.74, 6) is -0.883. The van der Waals surface area contributed by atoms with E-state index >= 15 is 0 Å². The second-order valence-corrected chi connectivity index (χ2v) is 5.87. The van der Waals surface area contributed by atoms with Crippen LogP contribution in [-0.4, -0.2) is 35.0 Å². The van der Waals surface area contributed by atoms with Crippen molar-refractivity contribution in [2.24, 2.45) is 17.8 Å². The highest BCUT2D eigenvalue weighted by Gasteiger charge is 2.38. The van der Waals surface area contributed by atoms with Crippen LogP contribution >= 0.6 is 0 Å². The third-order valence-electron chi connectivity index (χ3n) is 4.37. The SMILES string of the molecule is C[C@H]1CCCN(C(=O)[C@H]2CCCC[C@@H]2C(=O)O)C1. The van der Waals surface area contributed by atoms with E-state index in [0.717, 1.165) is 38.8 Å². The quantitative estimate of drug-likeness (QED) is 0.820. The molecule has 2 rings (SSSR count). The van der Waals surface area contributed by atoms with Gasteiger partial charge >= 0.3 is 5.97 Å². The van der Waals surface area contributed by atoms with E-state index in [2.05, 4.69) is 6.92 Å². The lowest BCUT2D eigenvalue weighted by atomic mass is 9.78. The van der Waals surface area contributed by atoms with E-state index in [1.54, 1.807) is 0 Å². The van der Waals surface area contributed by atoms with E-state index in [1.165, 1.54) is 6.42 Å². The first-order chi connectivity index (χ1) is 8.59. The molecule has 0 spiro atoms. The van der Waals surface area contributed by atoms with Crippen molar-refractivity contribution in [3.05, 3.63) is 0 Å². The zero-order valence-corrected chi connectivity index (χ0v) is 11.1. The molecule has 0 unspecified atom stereocenters.